The van der Waals surface area contributed by atoms with Gasteiger partial charge in [0.25, 0.3) is 0 Å². The van der Waals surface area contributed by atoms with Gasteiger partial charge in [0.2, 0.25) is 0 Å². The topological polar surface area (TPSA) is 24.5 Å². The second-order valence-electron chi connectivity index (χ2n) is 7.17. The molecular formula is C17H32N2O. The highest BCUT2D eigenvalue weighted by Gasteiger charge is 2.34. The van der Waals surface area contributed by atoms with Crippen molar-refractivity contribution in [3.8, 4) is 0 Å². The molecule has 2 heterocycles. The molecule has 3 nitrogen and oxygen atoms in total. The monoisotopic (exact) mass is 280 g/mol. The summed E-state index contributed by atoms with van der Waals surface area (Å²) in [6.07, 6.45) is 14.1. The van der Waals surface area contributed by atoms with Gasteiger partial charge >= 0.3 is 0 Å². The van der Waals surface area contributed by atoms with Gasteiger partial charge in [-0.15, -0.1) is 0 Å². The van der Waals surface area contributed by atoms with E-state index in [4.69, 9.17) is 4.74 Å². The van der Waals surface area contributed by atoms with E-state index in [1.54, 1.807) is 0 Å². The van der Waals surface area contributed by atoms with Gasteiger partial charge in [0.1, 0.15) is 0 Å². The van der Waals surface area contributed by atoms with Crippen LogP contribution in [0.25, 0.3) is 0 Å². The lowest BCUT2D eigenvalue weighted by atomic mass is 9.81. The number of ether oxygens (including phenoxy) is 1. The van der Waals surface area contributed by atoms with Gasteiger partial charge in [0, 0.05) is 25.2 Å². The Morgan fingerprint density at radius 1 is 1.05 bits per heavy atom. The van der Waals surface area contributed by atoms with E-state index < -0.39 is 0 Å². The summed E-state index contributed by atoms with van der Waals surface area (Å²) < 4.78 is 5.89. The summed E-state index contributed by atoms with van der Waals surface area (Å²) in [5.41, 5.74) is 0.447. The first kappa shape index (κ1) is 14.8. The molecule has 20 heavy (non-hydrogen) atoms. The van der Waals surface area contributed by atoms with Gasteiger partial charge in [0.15, 0.2) is 0 Å². The molecule has 3 heteroatoms. The highest BCUT2D eigenvalue weighted by atomic mass is 16.5. The number of hydrogen-bond acceptors (Lipinski definition) is 3. The summed E-state index contributed by atoms with van der Waals surface area (Å²) in [7, 11) is 0. The van der Waals surface area contributed by atoms with Crippen LogP contribution in [0.5, 0.6) is 0 Å². The lowest BCUT2D eigenvalue weighted by Gasteiger charge is -2.40. The van der Waals surface area contributed by atoms with Crippen LogP contribution in [-0.2, 0) is 4.74 Å². The fourth-order valence-electron chi connectivity index (χ4n) is 4.34. The summed E-state index contributed by atoms with van der Waals surface area (Å²) >= 11 is 0. The minimum absolute atomic E-state index is 0.447. The van der Waals surface area contributed by atoms with Crippen molar-refractivity contribution in [1.29, 1.82) is 0 Å². The van der Waals surface area contributed by atoms with Crippen LogP contribution in [0.3, 0.4) is 0 Å². The molecule has 0 aromatic rings. The van der Waals surface area contributed by atoms with Crippen LogP contribution in [0.1, 0.15) is 64.2 Å². The second kappa shape index (κ2) is 7.24. The van der Waals surface area contributed by atoms with Crippen LogP contribution in [0.15, 0.2) is 0 Å². The van der Waals surface area contributed by atoms with Gasteiger partial charge in [-0.1, -0.05) is 19.3 Å². The molecule has 0 bridgehead atoms. The maximum Gasteiger partial charge on any atom is 0.0587 e. The third-order valence-corrected chi connectivity index (χ3v) is 5.53. The van der Waals surface area contributed by atoms with Crippen molar-refractivity contribution in [3.05, 3.63) is 0 Å². The third kappa shape index (κ3) is 3.96. The van der Waals surface area contributed by atoms with Crippen molar-refractivity contribution >= 4 is 0 Å². The van der Waals surface area contributed by atoms with Crippen molar-refractivity contribution < 1.29 is 4.74 Å². The molecule has 1 atom stereocenters. The van der Waals surface area contributed by atoms with Gasteiger partial charge in [-0.3, -0.25) is 0 Å². The predicted molar refractivity (Wildman–Crippen MR) is 83.1 cm³/mol. The minimum atomic E-state index is 0.447. The molecule has 3 fully saturated rings. The summed E-state index contributed by atoms with van der Waals surface area (Å²) in [6.45, 7) is 6.02. The molecule has 1 spiro atoms. The van der Waals surface area contributed by atoms with Crippen molar-refractivity contribution in [2.45, 2.75) is 75.9 Å². The lowest BCUT2D eigenvalue weighted by Crippen LogP contribution is -2.52. The number of nitrogens with one attached hydrogen (secondary N) is 1. The highest BCUT2D eigenvalue weighted by molar-refractivity contribution is 4.95. The van der Waals surface area contributed by atoms with Gasteiger partial charge in [-0.05, 0) is 58.0 Å². The average Bonchev–Trinajstić information content (AvgIpc) is 2.70. The number of hydrogen-bond donors (Lipinski definition) is 1. The molecule has 116 valence electrons. The van der Waals surface area contributed by atoms with E-state index in [-0.39, 0.29) is 0 Å². The first-order valence-electron chi connectivity index (χ1n) is 8.95. The molecule has 0 amide bonds. The van der Waals surface area contributed by atoms with Crippen molar-refractivity contribution in [3.63, 3.8) is 0 Å². The normalized spacial score (nSPS) is 32.1. The third-order valence-electron chi connectivity index (χ3n) is 5.53. The highest BCUT2D eigenvalue weighted by Crippen LogP contribution is 2.30. The maximum absolute atomic E-state index is 5.89. The summed E-state index contributed by atoms with van der Waals surface area (Å²) in [5.74, 6) is 0. The molecule has 0 aromatic carbocycles. The molecule has 2 aliphatic heterocycles. The zero-order valence-electron chi connectivity index (χ0n) is 13.0. The quantitative estimate of drug-likeness (QED) is 0.860. The van der Waals surface area contributed by atoms with Crippen LogP contribution in [0.4, 0.5) is 0 Å². The van der Waals surface area contributed by atoms with Gasteiger partial charge in [-0.2, -0.15) is 0 Å². The van der Waals surface area contributed by atoms with Gasteiger partial charge < -0.3 is 15.0 Å². The van der Waals surface area contributed by atoms with E-state index in [2.05, 4.69) is 10.2 Å². The average molecular weight is 280 g/mol. The van der Waals surface area contributed by atoms with E-state index in [0.29, 0.717) is 11.6 Å². The van der Waals surface area contributed by atoms with Crippen LogP contribution < -0.4 is 5.32 Å². The van der Waals surface area contributed by atoms with Crippen molar-refractivity contribution in [2.24, 2.45) is 0 Å². The van der Waals surface area contributed by atoms with Crippen LogP contribution in [0, 0.1) is 0 Å². The van der Waals surface area contributed by atoms with Gasteiger partial charge in [-0.25, -0.2) is 0 Å². The molecule has 2 saturated heterocycles. The van der Waals surface area contributed by atoms with Crippen molar-refractivity contribution in [2.75, 3.05) is 32.8 Å². The summed E-state index contributed by atoms with van der Waals surface area (Å²) in [6, 6.07) is 0. The largest absolute Gasteiger partial charge is 0.378 e. The second-order valence-corrected chi connectivity index (χ2v) is 7.17. The Bertz CT molecular complexity index is 283. The van der Waals surface area contributed by atoms with Crippen LogP contribution >= 0.6 is 0 Å². The molecule has 0 radical (unpaired) electrons. The Hall–Kier alpha value is -0.120. The van der Waals surface area contributed by atoms with Crippen molar-refractivity contribution in [1.82, 2.24) is 10.2 Å². The molecule has 1 N–H and O–H groups in total. The number of rotatable bonds is 3. The van der Waals surface area contributed by atoms with Gasteiger partial charge in [0.05, 0.1) is 6.10 Å². The van der Waals surface area contributed by atoms with E-state index in [9.17, 15) is 0 Å². The number of nitrogens with zero attached hydrogens (tertiary/aromatic N) is 1. The maximum atomic E-state index is 5.89. The minimum Gasteiger partial charge on any atom is -0.378 e. The van der Waals surface area contributed by atoms with E-state index >= 15 is 0 Å². The fourth-order valence-corrected chi connectivity index (χ4v) is 4.34. The van der Waals surface area contributed by atoms with E-state index in [1.807, 2.05) is 0 Å². The fraction of sp³-hybridized carbons (Fsp3) is 1.00. The van der Waals surface area contributed by atoms with Crippen LogP contribution in [-0.4, -0.2) is 49.3 Å². The molecule has 1 aliphatic carbocycles. The lowest BCUT2D eigenvalue weighted by molar-refractivity contribution is 0.00412. The Morgan fingerprint density at radius 2 is 1.95 bits per heavy atom. The standard InChI is InChI=1S/C17H32N2O/c1-3-9-17(10-4-1)15-19(12-6-11-18-17)13-8-16-7-2-5-14-20-16/h16,18H,1-15H2. The predicted octanol–water partition coefficient (Wildman–Crippen LogP) is 2.94. The zero-order valence-corrected chi connectivity index (χ0v) is 13.0. The molecule has 1 saturated carbocycles. The Kier molecular flexibility index (Phi) is 5.36. The first-order valence-corrected chi connectivity index (χ1v) is 8.95. The van der Waals surface area contributed by atoms with E-state index in [1.165, 1.54) is 90.4 Å². The SMILES string of the molecule is C1CCC2(CC1)CN(CCC1CCCCO1)CCCN2. The molecule has 0 aromatic heterocycles. The first-order chi connectivity index (χ1) is 9.86. The Labute approximate surface area is 124 Å². The Morgan fingerprint density at radius 3 is 2.75 bits per heavy atom. The molecular weight excluding hydrogens is 248 g/mol. The molecule has 3 rings (SSSR count). The van der Waals surface area contributed by atoms with E-state index in [0.717, 1.165) is 6.61 Å². The smallest absolute Gasteiger partial charge is 0.0587 e. The molecule has 3 aliphatic rings. The Balaban J connectivity index is 1.49. The molecule has 1 unspecified atom stereocenters. The summed E-state index contributed by atoms with van der Waals surface area (Å²) in [5, 5.41) is 3.89. The van der Waals surface area contributed by atoms with Crippen LogP contribution in [0.2, 0.25) is 0 Å². The summed E-state index contributed by atoms with van der Waals surface area (Å²) in [4.78, 5) is 2.73. The zero-order chi connectivity index (χ0) is 13.7.